The Kier molecular flexibility index (Phi) is 5.25. The van der Waals surface area contributed by atoms with Gasteiger partial charge in [0.25, 0.3) is 5.56 Å². The lowest BCUT2D eigenvalue weighted by molar-refractivity contribution is 0.0361. The smallest absolute Gasteiger partial charge is 0.332 e. The van der Waals surface area contributed by atoms with E-state index in [1.54, 1.807) is 7.05 Å². The first-order valence-electron chi connectivity index (χ1n) is 11.4. The number of benzene rings is 1. The SMILES string of the molecule is Cc1ccc(-n2c(C)c(C)n3c4c(=O)n(CCN5CCOCC5)c(=O)n(C)c4nc23)cc1C. The van der Waals surface area contributed by atoms with Crippen LogP contribution >= 0.6 is 0 Å². The van der Waals surface area contributed by atoms with Crippen molar-refractivity contribution in [3.8, 4) is 5.69 Å². The number of hydrogen-bond donors (Lipinski definition) is 0. The molecule has 1 aliphatic heterocycles. The van der Waals surface area contributed by atoms with Crippen LogP contribution in [-0.4, -0.2) is 60.8 Å². The van der Waals surface area contributed by atoms with Gasteiger partial charge >= 0.3 is 5.69 Å². The van der Waals surface area contributed by atoms with Gasteiger partial charge in [-0.05, 0) is 51.0 Å². The molecule has 4 heterocycles. The second kappa shape index (κ2) is 8.00. The predicted octanol–water partition coefficient (Wildman–Crippen LogP) is 1.70. The Morgan fingerprint density at radius 3 is 2.39 bits per heavy atom. The molecule has 5 rings (SSSR count). The molecule has 9 heteroatoms. The molecule has 0 radical (unpaired) electrons. The standard InChI is InChI=1S/C24H30N6O3/c1-15-6-7-19(14-16(15)2)29-17(3)18(4)30-20-21(25-23(29)30)26(5)24(32)28(22(20)31)9-8-27-10-12-33-13-11-27/h6-7,14H,8-13H2,1-5H3. The molecule has 0 spiro atoms. The number of nitrogens with zero attached hydrogens (tertiary/aromatic N) is 6. The highest BCUT2D eigenvalue weighted by atomic mass is 16.5. The van der Waals surface area contributed by atoms with Crippen molar-refractivity contribution >= 4 is 16.9 Å². The second-order valence-electron chi connectivity index (χ2n) is 8.95. The van der Waals surface area contributed by atoms with E-state index in [2.05, 4.69) is 41.5 Å². The van der Waals surface area contributed by atoms with Crippen LogP contribution in [0.3, 0.4) is 0 Å². The Hall–Kier alpha value is -3.17. The van der Waals surface area contributed by atoms with Crippen LogP contribution in [0.1, 0.15) is 22.5 Å². The van der Waals surface area contributed by atoms with Gasteiger partial charge in [0.05, 0.1) is 13.2 Å². The summed E-state index contributed by atoms with van der Waals surface area (Å²) < 4.78 is 12.2. The summed E-state index contributed by atoms with van der Waals surface area (Å²) in [4.78, 5) is 33.7. The molecule has 33 heavy (non-hydrogen) atoms. The summed E-state index contributed by atoms with van der Waals surface area (Å²) in [7, 11) is 1.68. The van der Waals surface area contributed by atoms with Gasteiger partial charge in [-0.1, -0.05) is 6.07 Å². The lowest BCUT2D eigenvalue weighted by Gasteiger charge is -2.26. The average Bonchev–Trinajstić information content (AvgIpc) is 3.30. The Labute approximate surface area is 191 Å². The number of aryl methyl sites for hydroxylation is 4. The topological polar surface area (TPSA) is 78.7 Å². The highest BCUT2D eigenvalue weighted by Crippen LogP contribution is 2.25. The molecule has 0 aliphatic carbocycles. The van der Waals surface area contributed by atoms with Crippen molar-refractivity contribution in [1.82, 2.24) is 28.0 Å². The van der Waals surface area contributed by atoms with Gasteiger partial charge in [-0.2, -0.15) is 4.98 Å². The van der Waals surface area contributed by atoms with Crippen LogP contribution in [0.4, 0.5) is 0 Å². The largest absolute Gasteiger partial charge is 0.379 e. The van der Waals surface area contributed by atoms with Crippen LogP contribution in [-0.2, 0) is 18.3 Å². The highest BCUT2D eigenvalue weighted by molar-refractivity contribution is 5.77. The molecular weight excluding hydrogens is 420 g/mol. The summed E-state index contributed by atoms with van der Waals surface area (Å²) in [5.41, 5.74) is 5.54. The first-order valence-corrected chi connectivity index (χ1v) is 11.4. The molecule has 0 bridgehead atoms. The van der Waals surface area contributed by atoms with Crippen LogP contribution in [0.25, 0.3) is 22.6 Å². The van der Waals surface area contributed by atoms with Crippen molar-refractivity contribution in [3.63, 3.8) is 0 Å². The molecule has 1 fully saturated rings. The van der Waals surface area contributed by atoms with Crippen LogP contribution in [0.15, 0.2) is 27.8 Å². The first-order chi connectivity index (χ1) is 15.8. The fourth-order valence-corrected chi connectivity index (χ4v) is 4.69. The maximum atomic E-state index is 13.6. The number of fused-ring (bicyclic) bond motifs is 3. The minimum absolute atomic E-state index is 0.297. The molecular formula is C24H30N6O3. The van der Waals surface area contributed by atoms with Crippen molar-refractivity contribution in [2.45, 2.75) is 34.2 Å². The van der Waals surface area contributed by atoms with E-state index in [4.69, 9.17) is 9.72 Å². The summed E-state index contributed by atoms with van der Waals surface area (Å²) in [5, 5.41) is 0. The number of morpholine rings is 1. The molecule has 0 atom stereocenters. The zero-order valence-electron chi connectivity index (χ0n) is 19.9. The lowest BCUT2D eigenvalue weighted by Crippen LogP contribution is -2.44. The third kappa shape index (κ3) is 3.34. The molecule has 1 saturated heterocycles. The molecule has 0 amide bonds. The molecule has 1 aliphatic rings. The van der Waals surface area contributed by atoms with Crippen molar-refractivity contribution in [2.24, 2.45) is 7.05 Å². The average molecular weight is 451 g/mol. The number of rotatable bonds is 4. The third-order valence-corrected chi connectivity index (χ3v) is 7.01. The van der Waals surface area contributed by atoms with Crippen LogP contribution in [0.5, 0.6) is 0 Å². The van der Waals surface area contributed by atoms with Gasteiger partial charge in [-0.3, -0.25) is 27.8 Å². The molecule has 4 aromatic rings. The quantitative estimate of drug-likeness (QED) is 0.473. The van der Waals surface area contributed by atoms with E-state index in [-0.39, 0.29) is 11.2 Å². The molecule has 3 aromatic heterocycles. The highest BCUT2D eigenvalue weighted by Gasteiger charge is 2.23. The maximum absolute atomic E-state index is 13.6. The summed E-state index contributed by atoms with van der Waals surface area (Å²) in [5.74, 6) is 0.640. The fourth-order valence-electron chi connectivity index (χ4n) is 4.69. The van der Waals surface area contributed by atoms with E-state index in [0.29, 0.717) is 43.2 Å². The van der Waals surface area contributed by atoms with Gasteiger partial charge in [0, 0.05) is 50.3 Å². The Balaban J connectivity index is 1.71. The second-order valence-corrected chi connectivity index (χ2v) is 8.95. The van der Waals surface area contributed by atoms with Crippen LogP contribution in [0, 0.1) is 27.7 Å². The molecule has 1 aromatic carbocycles. The van der Waals surface area contributed by atoms with Gasteiger partial charge in [-0.15, -0.1) is 0 Å². The third-order valence-electron chi connectivity index (χ3n) is 7.01. The van der Waals surface area contributed by atoms with Crippen molar-refractivity contribution in [2.75, 3.05) is 32.8 Å². The summed E-state index contributed by atoms with van der Waals surface area (Å²) >= 11 is 0. The van der Waals surface area contributed by atoms with E-state index >= 15 is 0 Å². The van der Waals surface area contributed by atoms with E-state index in [1.807, 2.05) is 18.2 Å². The molecule has 0 saturated carbocycles. The first kappa shape index (κ1) is 21.7. The summed E-state index contributed by atoms with van der Waals surface area (Å²) in [6.45, 7) is 12.1. The van der Waals surface area contributed by atoms with Gasteiger partial charge in [0.1, 0.15) is 0 Å². The zero-order chi connectivity index (χ0) is 23.4. The Morgan fingerprint density at radius 1 is 0.970 bits per heavy atom. The molecule has 0 N–H and O–H groups in total. The fraction of sp³-hybridized carbons (Fsp3) is 0.458. The number of imidazole rings is 2. The van der Waals surface area contributed by atoms with Gasteiger partial charge in [0.2, 0.25) is 5.78 Å². The summed E-state index contributed by atoms with van der Waals surface area (Å²) in [6, 6.07) is 6.28. The minimum atomic E-state index is -0.339. The van der Waals surface area contributed by atoms with Crippen molar-refractivity contribution < 1.29 is 4.74 Å². The number of aromatic nitrogens is 5. The number of hydrogen-bond acceptors (Lipinski definition) is 5. The predicted molar refractivity (Wildman–Crippen MR) is 128 cm³/mol. The minimum Gasteiger partial charge on any atom is -0.379 e. The number of ether oxygens (including phenoxy) is 1. The maximum Gasteiger partial charge on any atom is 0.332 e. The van der Waals surface area contributed by atoms with Crippen LogP contribution in [0.2, 0.25) is 0 Å². The lowest BCUT2D eigenvalue weighted by atomic mass is 10.1. The van der Waals surface area contributed by atoms with E-state index in [9.17, 15) is 9.59 Å². The van der Waals surface area contributed by atoms with Gasteiger partial charge in [0.15, 0.2) is 11.2 Å². The van der Waals surface area contributed by atoms with Gasteiger partial charge in [-0.25, -0.2) is 4.79 Å². The normalized spacial score (nSPS) is 15.2. The summed E-state index contributed by atoms with van der Waals surface area (Å²) in [6.07, 6.45) is 0. The molecule has 174 valence electrons. The Morgan fingerprint density at radius 2 is 1.70 bits per heavy atom. The van der Waals surface area contributed by atoms with E-state index in [0.717, 1.165) is 30.2 Å². The van der Waals surface area contributed by atoms with Crippen molar-refractivity contribution in [3.05, 3.63) is 61.6 Å². The van der Waals surface area contributed by atoms with Crippen LogP contribution < -0.4 is 11.2 Å². The van der Waals surface area contributed by atoms with E-state index < -0.39 is 0 Å². The molecule has 9 nitrogen and oxygen atoms in total. The monoisotopic (exact) mass is 450 g/mol. The van der Waals surface area contributed by atoms with E-state index in [1.165, 1.54) is 20.3 Å². The Bertz CT molecular complexity index is 1500. The molecule has 0 unspecified atom stereocenters. The van der Waals surface area contributed by atoms with Gasteiger partial charge < -0.3 is 4.74 Å². The van der Waals surface area contributed by atoms with Crippen molar-refractivity contribution in [1.29, 1.82) is 0 Å². The zero-order valence-corrected chi connectivity index (χ0v) is 19.9.